The molecule has 8 heteroatoms. The summed E-state index contributed by atoms with van der Waals surface area (Å²) in [5.41, 5.74) is 0.989. The lowest BCUT2D eigenvalue weighted by molar-refractivity contribution is 0.102. The Labute approximate surface area is 127 Å². The first-order chi connectivity index (χ1) is 10.1. The molecule has 0 aliphatic heterocycles. The molecule has 6 nitrogen and oxygen atoms in total. The van der Waals surface area contributed by atoms with Gasteiger partial charge in [0.2, 0.25) is 0 Å². The number of halogens is 2. The summed E-state index contributed by atoms with van der Waals surface area (Å²) < 4.78 is 16.1. The predicted molar refractivity (Wildman–Crippen MR) is 77.8 cm³/mol. The maximum atomic E-state index is 14.0. The molecule has 3 rings (SSSR count). The van der Waals surface area contributed by atoms with Crippen LogP contribution in [0.3, 0.4) is 0 Å². The quantitative estimate of drug-likeness (QED) is 0.763. The zero-order valence-corrected chi connectivity index (χ0v) is 12.1. The van der Waals surface area contributed by atoms with Crippen LogP contribution in [0, 0.1) is 5.82 Å². The van der Waals surface area contributed by atoms with Crippen LogP contribution in [0.5, 0.6) is 0 Å². The molecular formula is C13H9BrFN5O. The topological polar surface area (TPSA) is 75.6 Å². The summed E-state index contributed by atoms with van der Waals surface area (Å²) >= 11 is 3.24. The Morgan fingerprint density at radius 2 is 2.24 bits per heavy atom. The largest absolute Gasteiger partial charge is 0.356 e. The van der Waals surface area contributed by atoms with Gasteiger partial charge in [-0.3, -0.25) is 4.79 Å². The lowest BCUT2D eigenvalue weighted by atomic mass is 10.2. The second kappa shape index (κ2) is 5.49. The molecule has 0 unspecified atom stereocenters. The summed E-state index contributed by atoms with van der Waals surface area (Å²) in [6, 6.07) is 5.97. The average molecular weight is 350 g/mol. The first-order valence-electron chi connectivity index (χ1n) is 5.93. The van der Waals surface area contributed by atoms with Crippen LogP contribution in [0.2, 0.25) is 0 Å². The Kier molecular flexibility index (Phi) is 3.53. The summed E-state index contributed by atoms with van der Waals surface area (Å²) in [7, 11) is 0. The van der Waals surface area contributed by atoms with Crippen molar-refractivity contribution in [1.29, 1.82) is 0 Å². The van der Waals surface area contributed by atoms with E-state index in [0.717, 1.165) is 4.47 Å². The van der Waals surface area contributed by atoms with E-state index in [0.29, 0.717) is 11.4 Å². The zero-order valence-electron chi connectivity index (χ0n) is 10.5. The van der Waals surface area contributed by atoms with Crippen molar-refractivity contribution in [3.05, 3.63) is 59.1 Å². The normalized spacial score (nSPS) is 10.6. The Morgan fingerprint density at radius 3 is 2.86 bits per heavy atom. The molecule has 0 fully saturated rings. The molecule has 2 heterocycles. The zero-order chi connectivity index (χ0) is 14.8. The fraction of sp³-hybridized carbons (Fsp3) is 0. The number of carbonyl (C=O) groups excluding carboxylic acids is 1. The fourth-order valence-corrected chi connectivity index (χ4v) is 2.14. The van der Waals surface area contributed by atoms with Gasteiger partial charge in [0.1, 0.15) is 24.0 Å². The second-order valence-corrected chi connectivity index (χ2v) is 5.11. The molecule has 0 bridgehead atoms. The lowest BCUT2D eigenvalue weighted by Crippen LogP contribution is -2.12. The Hall–Kier alpha value is -2.48. The molecule has 0 saturated carbocycles. The number of anilines is 1. The molecule has 0 spiro atoms. The molecule has 0 aliphatic rings. The van der Waals surface area contributed by atoms with Gasteiger partial charge in [-0.1, -0.05) is 0 Å². The van der Waals surface area contributed by atoms with Crippen molar-refractivity contribution in [2.75, 3.05) is 5.32 Å². The average Bonchev–Trinajstić information content (AvgIpc) is 3.10. The van der Waals surface area contributed by atoms with Gasteiger partial charge >= 0.3 is 0 Å². The maximum Gasteiger partial charge on any atom is 0.272 e. The van der Waals surface area contributed by atoms with Gasteiger partial charge in [-0.2, -0.15) is 5.10 Å². The first kappa shape index (κ1) is 13.5. The Balaban J connectivity index is 1.81. The number of aromatic amines is 1. The van der Waals surface area contributed by atoms with Crippen LogP contribution in [0.1, 0.15) is 10.5 Å². The van der Waals surface area contributed by atoms with E-state index in [2.05, 4.69) is 36.3 Å². The molecule has 21 heavy (non-hydrogen) atoms. The van der Waals surface area contributed by atoms with Gasteiger partial charge in [-0.25, -0.2) is 14.1 Å². The third-order valence-electron chi connectivity index (χ3n) is 2.76. The van der Waals surface area contributed by atoms with E-state index in [4.69, 9.17) is 0 Å². The summed E-state index contributed by atoms with van der Waals surface area (Å²) in [5, 5.41) is 6.46. The minimum atomic E-state index is -0.508. The number of carbonyl (C=O) groups is 1. The third-order valence-corrected chi connectivity index (χ3v) is 3.22. The lowest BCUT2D eigenvalue weighted by Gasteiger charge is -2.07. The molecule has 0 radical (unpaired) electrons. The molecule has 1 aromatic carbocycles. The number of hydrogen-bond acceptors (Lipinski definition) is 3. The van der Waals surface area contributed by atoms with Gasteiger partial charge in [-0.15, -0.1) is 0 Å². The van der Waals surface area contributed by atoms with E-state index in [-0.39, 0.29) is 11.6 Å². The van der Waals surface area contributed by atoms with Crippen LogP contribution in [0.4, 0.5) is 10.1 Å². The Bertz CT molecular complexity index is 784. The van der Waals surface area contributed by atoms with Gasteiger partial charge < -0.3 is 10.3 Å². The van der Waals surface area contributed by atoms with Crippen molar-refractivity contribution in [3.63, 3.8) is 0 Å². The highest BCUT2D eigenvalue weighted by Crippen LogP contribution is 2.18. The van der Waals surface area contributed by atoms with Gasteiger partial charge in [0.15, 0.2) is 5.82 Å². The number of aromatic nitrogens is 4. The van der Waals surface area contributed by atoms with E-state index < -0.39 is 5.82 Å². The van der Waals surface area contributed by atoms with Crippen LogP contribution < -0.4 is 5.32 Å². The first-order valence-corrected chi connectivity index (χ1v) is 6.72. The van der Waals surface area contributed by atoms with Crippen LogP contribution in [-0.4, -0.2) is 25.7 Å². The summed E-state index contributed by atoms with van der Waals surface area (Å²) in [6.07, 6.45) is 4.36. The number of amides is 1. The van der Waals surface area contributed by atoms with Crippen molar-refractivity contribution >= 4 is 27.5 Å². The predicted octanol–water partition coefficient (Wildman–Crippen LogP) is 2.75. The monoisotopic (exact) mass is 349 g/mol. The fourth-order valence-electron chi connectivity index (χ4n) is 1.80. The summed E-state index contributed by atoms with van der Waals surface area (Å²) in [5.74, 6) is -0.862. The van der Waals surface area contributed by atoms with Crippen molar-refractivity contribution in [3.8, 4) is 5.69 Å². The molecule has 0 aliphatic carbocycles. The number of nitrogens with one attached hydrogen (secondary N) is 2. The van der Waals surface area contributed by atoms with Crippen LogP contribution in [-0.2, 0) is 0 Å². The van der Waals surface area contributed by atoms with E-state index >= 15 is 0 Å². The van der Waals surface area contributed by atoms with Crippen LogP contribution in [0.15, 0.2) is 47.6 Å². The van der Waals surface area contributed by atoms with Crippen LogP contribution >= 0.6 is 15.9 Å². The molecule has 1 amide bonds. The number of rotatable bonds is 3. The molecule has 2 aromatic heterocycles. The highest BCUT2D eigenvalue weighted by atomic mass is 79.9. The highest BCUT2D eigenvalue weighted by Gasteiger charge is 2.11. The van der Waals surface area contributed by atoms with Gasteiger partial charge in [0.25, 0.3) is 5.91 Å². The number of H-pyrrole nitrogens is 1. The van der Waals surface area contributed by atoms with Gasteiger partial charge in [-0.05, 0) is 40.2 Å². The molecule has 0 saturated heterocycles. The van der Waals surface area contributed by atoms with Gasteiger partial charge in [0, 0.05) is 16.4 Å². The van der Waals surface area contributed by atoms with E-state index in [1.807, 2.05) is 0 Å². The van der Waals surface area contributed by atoms with Crippen molar-refractivity contribution in [2.45, 2.75) is 0 Å². The maximum absolute atomic E-state index is 14.0. The van der Waals surface area contributed by atoms with Crippen LogP contribution in [0.25, 0.3) is 5.69 Å². The molecule has 106 valence electrons. The van der Waals surface area contributed by atoms with Gasteiger partial charge in [0.05, 0.1) is 0 Å². The number of nitrogens with zero attached hydrogens (tertiary/aromatic N) is 3. The standard InChI is InChI=1S/C13H9BrFN5O/c14-8-3-11(17-5-8)13(21)19-9-1-2-12(10(15)4-9)20-7-16-6-18-20/h1-7,17H,(H,19,21). The minimum absolute atomic E-state index is 0.258. The van der Waals surface area contributed by atoms with E-state index in [1.54, 1.807) is 18.3 Å². The highest BCUT2D eigenvalue weighted by molar-refractivity contribution is 9.10. The van der Waals surface area contributed by atoms with E-state index in [1.165, 1.54) is 29.5 Å². The molecular weight excluding hydrogens is 341 g/mol. The number of benzene rings is 1. The smallest absolute Gasteiger partial charge is 0.272 e. The molecule has 2 N–H and O–H groups in total. The molecule has 0 atom stereocenters. The number of hydrogen-bond donors (Lipinski definition) is 2. The van der Waals surface area contributed by atoms with Crippen molar-refractivity contribution in [1.82, 2.24) is 19.7 Å². The minimum Gasteiger partial charge on any atom is -0.356 e. The van der Waals surface area contributed by atoms with Crippen molar-refractivity contribution in [2.24, 2.45) is 0 Å². The molecule has 3 aromatic rings. The third kappa shape index (κ3) is 2.84. The Morgan fingerprint density at radius 1 is 1.38 bits per heavy atom. The summed E-state index contributed by atoms with van der Waals surface area (Å²) in [6.45, 7) is 0. The SMILES string of the molecule is O=C(Nc1ccc(-n2cncn2)c(F)c1)c1cc(Br)c[nH]1. The van der Waals surface area contributed by atoms with E-state index in [9.17, 15) is 9.18 Å². The van der Waals surface area contributed by atoms with Crippen molar-refractivity contribution < 1.29 is 9.18 Å². The second-order valence-electron chi connectivity index (χ2n) is 4.19. The summed E-state index contributed by atoms with van der Waals surface area (Å²) in [4.78, 5) is 18.5.